The second-order valence-corrected chi connectivity index (χ2v) is 6.11. The molecule has 0 fully saturated rings. The molecule has 5 heteroatoms. The van der Waals surface area contributed by atoms with Gasteiger partial charge in [0, 0.05) is 16.7 Å². The summed E-state index contributed by atoms with van der Waals surface area (Å²) < 4.78 is 0.742. The molecule has 0 aliphatic carbocycles. The maximum Gasteiger partial charge on any atom is 0.254 e. The van der Waals surface area contributed by atoms with E-state index in [2.05, 4.69) is 40.1 Å². The summed E-state index contributed by atoms with van der Waals surface area (Å²) in [5.74, 6) is 0.463. The van der Waals surface area contributed by atoms with Gasteiger partial charge in [0.25, 0.3) is 5.91 Å². The number of carbonyl (C=O) groups excluding carboxylic acids is 1. The third kappa shape index (κ3) is 4.94. The van der Waals surface area contributed by atoms with Crippen molar-refractivity contribution in [2.75, 3.05) is 0 Å². The maximum atomic E-state index is 12.0. The number of aromatic nitrogens is 1. The average Bonchev–Trinajstić information content (AvgIpc) is 2.29. The lowest BCUT2D eigenvalue weighted by Gasteiger charge is -2.15. The predicted molar refractivity (Wildman–Crippen MR) is 77.9 cm³/mol. The van der Waals surface area contributed by atoms with E-state index in [0.717, 1.165) is 17.3 Å². The van der Waals surface area contributed by atoms with Crippen LogP contribution in [0.1, 0.15) is 44.0 Å². The number of nitrogens with zero attached hydrogens (tertiary/aromatic N) is 1. The van der Waals surface area contributed by atoms with Crippen LogP contribution < -0.4 is 5.32 Å². The van der Waals surface area contributed by atoms with Crippen molar-refractivity contribution in [3.05, 3.63) is 27.5 Å². The van der Waals surface area contributed by atoms with Crippen molar-refractivity contribution < 1.29 is 4.79 Å². The zero-order valence-electron chi connectivity index (χ0n) is 10.8. The fourth-order valence-electron chi connectivity index (χ4n) is 1.54. The van der Waals surface area contributed by atoms with Crippen molar-refractivity contribution in [2.45, 2.75) is 39.7 Å². The Hall–Kier alpha value is -0.610. The molecule has 0 saturated carbocycles. The van der Waals surface area contributed by atoms with Crippen LogP contribution in [0.3, 0.4) is 0 Å². The molecule has 100 valence electrons. The Morgan fingerprint density at radius 1 is 1.44 bits per heavy atom. The summed E-state index contributed by atoms with van der Waals surface area (Å²) in [5.41, 5.74) is 0.405. The lowest BCUT2D eigenvalue weighted by Crippen LogP contribution is -2.33. The number of hydrogen-bond acceptors (Lipinski definition) is 2. The molecule has 0 bridgehead atoms. The summed E-state index contributed by atoms with van der Waals surface area (Å²) in [7, 11) is 0. The van der Waals surface area contributed by atoms with E-state index in [0.29, 0.717) is 11.5 Å². The van der Waals surface area contributed by atoms with Gasteiger partial charge in [0.2, 0.25) is 0 Å². The van der Waals surface area contributed by atoms with Crippen LogP contribution in [-0.4, -0.2) is 16.9 Å². The van der Waals surface area contributed by atoms with Gasteiger partial charge in [-0.2, -0.15) is 0 Å². The number of pyridine rings is 1. The molecule has 1 aromatic heterocycles. The summed E-state index contributed by atoms with van der Waals surface area (Å²) in [5, 5.41) is 3.16. The van der Waals surface area contributed by atoms with Crippen molar-refractivity contribution >= 4 is 33.4 Å². The highest BCUT2D eigenvalue weighted by atomic mass is 79.9. The molecule has 0 radical (unpaired) electrons. The van der Waals surface area contributed by atoms with E-state index >= 15 is 0 Å². The topological polar surface area (TPSA) is 42.0 Å². The highest BCUT2D eigenvalue weighted by molar-refractivity contribution is 9.10. The van der Waals surface area contributed by atoms with E-state index in [9.17, 15) is 4.79 Å². The fourth-order valence-corrected chi connectivity index (χ4v) is 2.06. The summed E-state index contributed by atoms with van der Waals surface area (Å²) in [6.07, 6.45) is 3.62. The zero-order valence-corrected chi connectivity index (χ0v) is 13.2. The van der Waals surface area contributed by atoms with Crippen molar-refractivity contribution in [1.82, 2.24) is 10.3 Å². The SMILES string of the molecule is CC(C)CCC(C)NC(=O)c1cc(Br)cnc1Cl. The van der Waals surface area contributed by atoms with Gasteiger partial charge in [-0.3, -0.25) is 4.79 Å². The fraction of sp³-hybridized carbons (Fsp3) is 0.538. The number of nitrogens with one attached hydrogen (secondary N) is 1. The van der Waals surface area contributed by atoms with Crippen LogP contribution in [0.25, 0.3) is 0 Å². The van der Waals surface area contributed by atoms with Crippen LogP contribution in [0.5, 0.6) is 0 Å². The first-order valence-corrected chi connectivity index (χ1v) is 7.19. The molecular weight excluding hydrogens is 316 g/mol. The molecule has 18 heavy (non-hydrogen) atoms. The van der Waals surface area contributed by atoms with Gasteiger partial charge >= 0.3 is 0 Å². The highest BCUT2D eigenvalue weighted by Gasteiger charge is 2.14. The summed E-state index contributed by atoms with van der Waals surface area (Å²) in [6.45, 7) is 6.34. The first kappa shape index (κ1) is 15.4. The second-order valence-electron chi connectivity index (χ2n) is 4.84. The van der Waals surface area contributed by atoms with E-state index < -0.39 is 0 Å². The van der Waals surface area contributed by atoms with Crippen LogP contribution >= 0.6 is 27.5 Å². The lowest BCUT2D eigenvalue weighted by molar-refractivity contribution is 0.0937. The molecule has 0 aliphatic heterocycles. The molecule has 0 aliphatic rings. The number of carbonyl (C=O) groups is 1. The molecule has 1 heterocycles. The molecule has 1 aromatic rings. The number of halogens is 2. The van der Waals surface area contributed by atoms with Gasteiger partial charge in [0.05, 0.1) is 5.56 Å². The van der Waals surface area contributed by atoms with Gasteiger partial charge in [-0.1, -0.05) is 25.4 Å². The highest BCUT2D eigenvalue weighted by Crippen LogP contribution is 2.18. The molecule has 1 atom stereocenters. The third-order valence-corrected chi connectivity index (χ3v) is 3.34. The second kappa shape index (κ2) is 7.10. The molecule has 1 N–H and O–H groups in total. The van der Waals surface area contributed by atoms with E-state index in [-0.39, 0.29) is 17.1 Å². The Morgan fingerprint density at radius 3 is 2.72 bits per heavy atom. The monoisotopic (exact) mass is 332 g/mol. The third-order valence-electron chi connectivity index (χ3n) is 2.60. The molecule has 1 amide bonds. The Morgan fingerprint density at radius 2 is 2.11 bits per heavy atom. The molecule has 0 saturated heterocycles. The zero-order chi connectivity index (χ0) is 13.7. The first-order chi connectivity index (χ1) is 8.40. The first-order valence-electron chi connectivity index (χ1n) is 6.02. The maximum absolute atomic E-state index is 12.0. The van der Waals surface area contributed by atoms with Crippen molar-refractivity contribution in [3.8, 4) is 0 Å². The lowest BCUT2D eigenvalue weighted by atomic mass is 10.0. The van der Waals surface area contributed by atoms with Gasteiger partial charge in [0.15, 0.2) is 0 Å². The summed E-state index contributed by atoms with van der Waals surface area (Å²) in [6, 6.07) is 1.81. The number of hydrogen-bond donors (Lipinski definition) is 1. The van der Waals surface area contributed by atoms with Crippen LogP contribution in [0.2, 0.25) is 5.15 Å². The van der Waals surface area contributed by atoms with E-state index in [1.165, 1.54) is 0 Å². The van der Waals surface area contributed by atoms with Crippen molar-refractivity contribution in [2.24, 2.45) is 5.92 Å². The minimum Gasteiger partial charge on any atom is -0.349 e. The van der Waals surface area contributed by atoms with E-state index in [1.54, 1.807) is 12.3 Å². The van der Waals surface area contributed by atoms with Crippen molar-refractivity contribution in [3.63, 3.8) is 0 Å². The van der Waals surface area contributed by atoms with Gasteiger partial charge in [-0.05, 0) is 47.7 Å². The molecule has 1 unspecified atom stereocenters. The van der Waals surface area contributed by atoms with Crippen molar-refractivity contribution in [1.29, 1.82) is 0 Å². The average molecular weight is 334 g/mol. The molecule has 3 nitrogen and oxygen atoms in total. The van der Waals surface area contributed by atoms with Crippen LogP contribution in [-0.2, 0) is 0 Å². The van der Waals surface area contributed by atoms with Crippen LogP contribution in [0, 0.1) is 5.92 Å². The molecule has 0 spiro atoms. The largest absolute Gasteiger partial charge is 0.349 e. The minimum atomic E-state index is -0.176. The normalized spacial score (nSPS) is 12.6. The predicted octanol–water partition coefficient (Wildman–Crippen LogP) is 4.05. The Kier molecular flexibility index (Phi) is 6.09. The Balaban J connectivity index is 2.62. The molecule has 1 rings (SSSR count). The quantitative estimate of drug-likeness (QED) is 0.826. The van der Waals surface area contributed by atoms with E-state index in [4.69, 9.17) is 11.6 Å². The van der Waals surface area contributed by atoms with Gasteiger partial charge in [0.1, 0.15) is 5.15 Å². The van der Waals surface area contributed by atoms with Gasteiger partial charge in [-0.25, -0.2) is 4.98 Å². The molecular formula is C13H18BrClN2O. The number of amides is 1. The van der Waals surface area contributed by atoms with Gasteiger partial charge < -0.3 is 5.32 Å². The van der Waals surface area contributed by atoms with Crippen LogP contribution in [0.4, 0.5) is 0 Å². The summed E-state index contributed by atoms with van der Waals surface area (Å²) in [4.78, 5) is 16.0. The van der Waals surface area contributed by atoms with Crippen LogP contribution in [0.15, 0.2) is 16.7 Å². The molecule has 0 aromatic carbocycles. The standard InChI is InChI=1S/C13H18BrClN2O/c1-8(2)4-5-9(3)17-13(18)11-6-10(14)7-16-12(11)15/h6-9H,4-5H2,1-3H3,(H,17,18). The smallest absolute Gasteiger partial charge is 0.254 e. The summed E-state index contributed by atoms with van der Waals surface area (Å²) >= 11 is 9.19. The van der Waals surface area contributed by atoms with Gasteiger partial charge in [-0.15, -0.1) is 0 Å². The minimum absolute atomic E-state index is 0.134. The Bertz CT molecular complexity index is 423. The number of rotatable bonds is 5. The van der Waals surface area contributed by atoms with E-state index in [1.807, 2.05) is 6.92 Å². The Labute approximate surface area is 121 Å².